The van der Waals surface area contributed by atoms with Crippen molar-refractivity contribution < 1.29 is 4.79 Å². The van der Waals surface area contributed by atoms with Crippen molar-refractivity contribution in [3.63, 3.8) is 0 Å². The Morgan fingerprint density at radius 2 is 2.17 bits per heavy atom. The van der Waals surface area contributed by atoms with Crippen LogP contribution < -0.4 is 10.9 Å². The van der Waals surface area contributed by atoms with Gasteiger partial charge >= 0.3 is 0 Å². The van der Waals surface area contributed by atoms with Gasteiger partial charge in [-0.15, -0.1) is 22.7 Å². The number of nitrogens with zero attached hydrogens (tertiary/aromatic N) is 3. The molecule has 3 rings (SSSR count). The molecule has 24 heavy (non-hydrogen) atoms. The van der Waals surface area contributed by atoms with Crippen molar-refractivity contribution in [3.8, 4) is 0 Å². The van der Waals surface area contributed by atoms with Gasteiger partial charge in [0.15, 0.2) is 5.13 Å². The van der Waals surface area contributed by atoms with E-state index in [1.165, 1.54) is 29.0 Å². The molecule has 0 aromatic carbocycles. The van der Waals surface area contributed by atoms with Crippen LogP contribution in [-0.4, -0.2) is 20.4 Å². The number of rotatable bonds is 4. The fraction of sp³-hybridized carbons (Fsp3) is 0.375. The first-order valence-corrected chi connectivity index (χ1v) is 9.37. The van der Waals surface area contributed by atoms with E-state index >= 15 is 0 Å². The molecule has 8 heteroatoms. The second-order valence-corrected chi connectivity index (χ2v) is 7.62. The van der Waals surface area contributed by atoms with Crippen LogP contribution in [0.2, 0.25) is 0 Å². The number of hydrogen-bond donors (Lipinski definition) is 1. The standard InChI is InChI=1S/C16H18N4O2S2/c1-5-20-7-17-14-11(15(20)22)9(4)12(24-14)13(21)19-16-18-10(6-23-16)8(2)3/h6-8H,5H2,1-4H3,(H,18,19,21). The van der Waals surface area contributed by atoms with Gasteiger partial charge in [-0.05, 0) is 25.3 Å². The highest BCUT2D eigenvalue weighted by Gasteiger charge is 2.20. The van der Waals surface area contributed by atoms with Crippen LogP contribution >= 0.6 is 22.7 Å². The Labute approximate surface area is 147 Å². The number of aryl methyl sites for hydroxylation is 2. The van der Waals surface area contributed by atoms with Crippen LogP contribution in [0.5, 0.6) is 0 Å². The molecule has 3 heterocycles. The molecule has 0 radical (unpaired) electrons. The van der Waals surface area contributed by atoms with Gasteiger partial charge in [0.05, 0.1) is 22.3 Å². The molecular weight excluding hydrogens is 344 g/mol. The largest absolute Gasteiger partial charge is 0.299 e. The highest BCUT2D eigenvalue weighted by molar-refractivity contribution is 7.21. The number of thiophene rings is 1. The average molecular weight is 362 g/mol. The predicted molar refractivity (Wildman–Crippen MR) is 98.4 cm³/mol. The summed E-state index contributed by atoms with van der Waals surface area (Å²) in [4.78, 5) is 34.8. The molecule has 0 aliphatic carbocycles. The monoisotopic (exact) mass is 362 g/mol. The smallest absolute Gasteiger partial charge is 0.267 e. The molecule has 6 nitrogen and oxygen atoms in total. The molecule has 3 aromatic heterocycles. The van der Waals surface area contributed by atoms with E-state index in [9.17, 15) is 9.59 Å². The van der Waals surface area contributed by atoms with Gasteiger partial charge in [0.1, 0.15) is 4.83 Å². The van der Waals surface area contributed by atoms with Crippen LogP contribution in [0, 0.1) is 6.92 Å². The summed E-state index contributed by atoms with van der Waals surface area (Å²) in [6, 6.07) is 0. The van der Waals surface area contributed by atoms with E-state index in [1.54, 1.807) is 11.5 Å². The van der Waals surface area contributed by atoms with Gasteiger partial charge in [0.2, 0.25) is 0 Å². The van der Waals surface area contributed by atoms with Gasteiger partial charge in [-0.25, -0.2) is 9.97 Å². The molecule has 1 amide bonds. The van der Waals surface area contributed by atoms with Gasteiger partial charge < -0.3 is 0 Å². The Morgan fingerprint density at radius 3 is 2.79 bits per heavy atom. The van der Waals surface area contributed by atoms with Gasteiger partial charge in [-0.3, -0.25) is 19.5 Å². The zero-order valence-corrected chi connectivity index (χ0v) is 15.5. The average Bonchev–Trinajstić information content (AvgIpc) is 3.13. The number of carbonyl (C=O) groups is 1. The van der Waals surface area contributed by atoms with Crippen molar-refractivity contribution in [2.24, 2.45) is 0 Å². The molecule has 0 atom stereocenters. The van der Waals surface area contributed by atoms with E-state index in [4.69, 9.17) is 0 Å². The van der Waals surface area contributed by atoms with E-state index in [0.29, 0.717) is 38.3 Å². The van der Waals surface area contributed by atoms with Crippen molar-refractivity contribution in [1.29, 1.82) is 0 Å². The summed E-state index contributed by atoms with van der Waals surface area (Å²) in [6.07, 6.45) is 1.53. The Morgan fingerprint density at radius 1 is 1.42 bits per heavy atom. The van der Waals surface area contributed by atoms with Gasteiger partial charge in [-0.2, -0.15) is 0 Å². The lowest BCUT2D eigenvalue weighted by Crippen LogP contribution is -2.19. The molecule has 0 aliphatic rings. The van der Waals surface area contributed by atoms with Crippen LogP contribution in [0.1, 0.15) is 47.6 Å². The van der Waals surface area contributed by atoms with Crippen molar-refractivity contribution in [3.05, 3.63) is 38.2 Å². The molecule has 3 aromatic rings. The van der Waals surface area contributed by atoms with Gasteiger partial charge in [0, 0.05) is 11.9 Å². The second-order valence-electron chi connectivity index (χ2n) is 5.76. The number of fused-ring (bicyclic) bond motifs is 1. The maximum atomic E-state index is 12.6. The zero-order valence-electron chi connectivity index (χ0n) is 13.9. The zero-order chi connectivity index (χ0) is 17.4. The first-order valence-electron chi connectivity index (χ1n) is 7.67. The Hall–Kier alpha value is -2.06. The third kappa shape index (κ3) is 2.87. The molecular formula is C16H18N4O2S2. The number of hydrogen-bond acceptors (Lipinski definition) is 6. The topological polar surface area (TPSA) is 76.9 Å². The lowest BCUT2D eigenvalue weighted by atomic mass is 10.2. The van der Waals surface area contributed by atoms with Crippen molar-refractivity contribution in [2.45, 2.75) is 40.2 Å². The third-order valence-electron chi connectivity index (χ3n) is 3.80. The second kappa shape index (κ2) is 6.45. The van der Waals surface area contributed by atoms with Crippen molar-refractivity contribution in [1.82, 2.24) is 14.5 Å². The Balaban J connectivity index is 1.96. The number of aromatic nitrogens is 3. The quantitative estimate of drug-likeness (QED) is 0.769. The van der Waals surface area contributed by atoms with Crippen LogP contribution in [-0.2, 0) is 6.54 Å². The Bertz CT molecular complexity index is 968. The van der Waals surface area contributed by atoms with E-state index in [-0.39, 0.29) is 11.5 Å². The van der Waals surface area contributed by atoms with Crippen LogP contribution in [0.4, 0.5) is 5.13 Å². The van der Waals surface area contributed by atoms with Gasteiger partial charge in [0.25, 0.3) is 11.5 Å². The SMILES string of the molecule is CCn1cnc2sc(C(=O)Nc3nc(C(C)C)cs3)c(C)c2c1=O. The van der Waals surface area contributed by atoms with Crippen LogP contribution in [0.15, 0.2) is 16.5 Å². The summed E-state index contributed by atoms with van der Waals surface area (Å²) in [5, 5.41) is 5.86. The number of amides is 1. The van der Waals surface area contributed by atoms with Crippen LogP contribution in [0.25, 0.3) is 10.2 Å². The lowest BCUT2D eigenvalue weighted by Gasteiger charge is -2.01. The van der Waals surface area contributed by atoms with Crippen LogP contribution in [0.3, 0.4) is 0 Å². The summed E-state index contributed by atoms with van der Waals surface area (Å²) in [6.45, 7) is 8.34. The minimum absolute atomic E-state index is 0.105. The predicted octanol–water partition coefficient (Wildman–Crippen LogP) is 3.62. The fourth-order valence-electron chi connectivity index (χ4n) is 2.36. The number of anilines is 1. The normalized spacial score (nSPS) is 11.4. The number of thiazole rings is 1. The lowest BCUT2D eigenvalue weighted by molar-refractivity contribution is 0.103. The molecule has 0 aliphatic heterocycles. The maximum absolute atomic E-state index is 12.6. The Kier molecular flexibility index (Phi) is 4.51. The van der Waals surface area contributed by atoms with E-state index < -0.39 is 0 Å². The third-order valence-corrected chi connectivity index (χ3v) is 5.77. The van der Waals surface area contributed by atoms with E-state index in [2.05, 4.69) is 29.1 Å². The van der Waals surface area contributed by atoms with Crippen molar-refractivity contribution >= 4 is 43.9 Å². The summed E-state index contributed by atoms with van der Waals surface area (Å²) in [5.74, 6) is 0.0669. The molecule has 0 saturated carbocycles. The summed E-state index contributed by atoms with van der Waals surface area (Å²) < 4.78 is 1.54. The number of carbonyl (C=O) groups excluding carboxylic acids is 1. The van der Waals surface area contributed by atoms with E-state index in [0.717, 1.165) is 5.69 Å². The molecule has 0 bridgehead atoms. The first kappa shape index (κ1) is 16.8. The molecule has 1 N–H and O–H groups in total. The molecule has 0 spiro atoms. The summed E-state index contributed by atoms with van der Waals surface area (Å²) >= 11 is 2.64. The maximum Gasteiger partial charge on any atom is 0.267 e. The molecule has 126 valence electrons. The highest BCUT2D eigenvalue weighted by atomic mass is 32.1. The number of nitrogens with one attached hydrogen (secondary N) is 1. The fourth-order valence-corrected chi connectivity index (χ4v) is 4.27. The highest BCUT2D eigenvalue weighted by Crippen LogP contribution is 2.28. The van der Waals surface area contributed by atoms with Crippen molar-refractivity contribution in [2.75, 3.05) is 5.32 Å². The molecule has 0 fully saturated rings. The molecule has 0 saturated heterocycles. The summed E-state index contributed by atoms with van der Waals surface area (Å²) in [5.41, 5.74) is 1.52. The first-order chi connectivity index (χ1) is 11.4. The van der Waals surface area contributed by atoms with Gasteiger partial charge in [-0.1, -0.05) is 13.8 Å². The minimum Gasteiger partial charge on any atom is -0.299 e. The minimum atomic E-state index is -0.248. The molecule has 0 unspecified atom stereocenters. The summed E-state index contributed by atoms with van der Waals surface area (Å²) in [7, 11) is 0. The van der Waals surface area contributed by atoms with E-state index in [1.807, 2.05) is 12.3 Å².